The molecule has 0 aliphatic heterocycles. The van der Waals surface area contributed by atoms with Crippen molar-refractivity contribution < 1.29 is 9.47 Å². The van der Waals surface area contributed by atoms with Gasteiger partial charge in [0.2, 0.25) is 5.79 Å². The third-order valence-corrected chi connectivity index (χ3v) is 3.39. The van der Waals surface area contributed by atoms with E-state index < -0.39 is 5.79 Å². The molecule has 1 saturated carbocycles. The van der Waals surface area contributed by atoms with Gasteiger partial charge in [-0.05, 0) is 30.5 Å². The molecule has 1 aromatic carbocycles. The fourth-order valence-electron chi connectivity index (χ4n) is 2.36. The summed E-state index contributed by atoms with van der Waals surface area (Å²) >= 11 is 0. The summed E-state index contributed by atoms with van der Waals surface area (Å²) in [6.45, 7) is 3.77. The quantitative estimate of drug-likeness (QED) is 0.730. The minimum absolute atomic E-state index is 0.419. The highest BCUT2D eigenvalue weighted by molar-refractivity contribution is 5.49. The van der Waals surface area contributed by atoms with E-state index in [2.05, 4.69) is 6.58 Å². The largest absolute Gasteiger partial charge is 0.462 e. The molecular formula is C15H20O2. The molecule has 0 heterocycles. The zero-order valence-electron chi connectivity index (χ0n) is 10.4. The number of ether oxygens (including phenoxy) is 2. The predicted octanol–water partition coefficient (Wildman–Crippen LogP) is 4.02. The Morgan fingerprint density at radius 1 is 1.24 bits per heavy atom. The van der Waals surface area contributed by atoms with Crippen LogP contribution in [0.2, 0.25) is 0 Å². The number of rotatable bonds is 4. The molecule has 1 aromatic rings. The zero-order chi connectivity index (χ0) is 12.1. The van der Waals surface area contributed by atoms with Crippen LogP contribution in [0.4, 0.5) is 0 Å². The summed E-state index contributed by atoms with van der Waals surface area (Å²) in [4.78, 5) is 0. The molecule has 92 valence electrons. The Kier molecular flexibility index (Phi) is 3.85. The topological polar surface area (TPSA) is 18.5 Å². The molecule has 0 radical (unpaired) electrons. The van der Waals surface area contributed by atoms with E-state index in [1.54, 1.807) is 7.11 Å². The van der Waals surface area contributed by atoms with Crippen LogP contribution in [0.3, 0.4) is 0 Å². The van der Waals surface area contributed by atoms with Crippen LogP contribution in [0.1, 0.15) is 37.7 Å². The van der Waals surface area contributed by atoms with Gasteiger partial charge in [0.15, 0.2) is 0 Å². The molecule has 0 N–H and O–H groups in total. The van der Waals surface area contributed by atoms with Crippen LogP contribution in [0, 0.1) is 0 Å². The Labute approximate surface area is 103 Å². The van der Waals surface area contributed by atoms with E-state index in [1.165, 1.54) is 19.3 Å². The molecule has 0 amide bonds. The second-order valence-electron chi connectivity index (χ2n) is 4.55. The summed E-state index contributed by atoms with van der Waals surface area (Å²) in [5.74, 6) is 0.448. The van der Waals surface area contributed by atoms with E-state index in [4.69, 9.17) is 9.47 Å². The van der Waals surface area contributed by atoms with Gasteiger partial charge in [0.25, 0.3) is 0 Å². The van der Waals surface area contributed by atoms with Crippen LogP contribution in [0.25, 0.3) is 6.08 Å². The zero-order valence-corrected chi connectivity index (χ0v) is 10.4. The first-order chi connectivity index (χ1) is 8.28. The highest BCUT2D eigenvalue weighted by Gasteiger charge is 2.34. The van der Waals surface area contributed by atoms with Crippen molar-refractivity contribution in [3.63, 3.8) is 0 Å². The first kappa shape index (κ1) is 12.2. The molecule has 17 heavy (non-hydrogen) atoms. The van der Waals surface area contributed by atoms with Gasteiger partial charge in [-0.2, -0.15) is 0 Å². The Hall–Kier alpha value is -1.28. The van der Waals surface area contributed by atoms with Crippen molar-refractivity contribution in [1.29, 1.82) is 0 Å². The minimum atomic E-state index is -0.419. The van der Waals surface area contributed by atoms with Crippen molar-refractivity contribution in [3.05, 3.63) is 36.4 Å². The molecule has 0 saturated heterocycles. The molecule has 2 heteroatoms. The van der Waals surface area contributed by atoms with Gasteiger partial charge < -0.3 is 9.47 Å². The van der Waals surface area contributed by atoms with Crippen molar-refractivity contribution in [1.82, 2.24) is 0 Å². The van der Waals surface area contributed by atoms with Crippen LogP contribution in [0.15, 0.2) is 30.8 Å². The second kappa shape index (κ2) is 5.37. The lowest BCUT2D eigenvalue weighted by Gasteiger charge is -2.36. The normalized spacial score (nSPS) is 18.6. The average Bonchev–Trinajstić information content (AvgIpc) is 2.40. The molecule has 0 spiro atoms. The summed E-state index contributed by atoms with van der Waals surface area (Å²) < 4.78 is 11.7. The highest BCUT2D eigenvalue weighted by atomic mass is 16.7. The van der Waals surface area contributed by atoms with E-state index in [1.807, 2.05) is 30.3 Å². The van der Waals surface area contributed by atoms with E-state index in [0.29, 0.717) is 0 Å². The molecule has 1 aliphatic rings. The molecule has 0 bridgehead atoms. The van der Waals surface area contributed by atoms with Crippen molar-refractivity contribution in [2.75, 3.05) is 7.11 Å². The van der Waals surface area contributed by atoms with Gasteiger partial charge in [-0.15, -0.1) is 0 Å². The fraction of sp³-hybridized carbons (Fsp3) is 0.467. The minimum Gasteiger partial charge on any atom is -0.462 e. The first-order valence-corrected chi connectivity index (χ1v) is 6.25. The number of methoxy groups -OCH3 is 1. The van der Waals surface area contributed by atoms with E-state index in [9.17, 15) is 0 Å². The number of benzene rings is 1. The third-order valence-electron chi connectivity index (χ3n) is 3.39. The lowest BCUT2D eigenvalue weighted by molar-refractivity contribution is -0.182. The lowest BCUT2D eigenvalue weighted by atomic mass is 9.94. The average molecular weight is 232 g/mol. The van der Waals surface area contributed by atoms with Gasteiger partial charge in [0.05, 0.1) is 0 Å². The smallest absolute Gasteiger partial charge is 0.210 e. The summed E-state index contributed by atoms with van der Waals surface area (Å²) in [7, 11) is 1.74. The molecular weight excluding hydrogens is 212 g/mol. The van der Waals surface area contributed by atoms with Gasteiger partial charge >= 0.3 is 0 Å². The maximum Gasteiger partial charge on any atom is 0.210 e. The Bertz CT molecular complexity index is 378. The lowest BCUT2D eigenvalue weighted by Crippen LogP contribution is -2.40. The summed E-state index contributed by atoms with van der Waals surface area (Å²) in [6, 6.07) is 7.98. The first-order valence-electron chi connectivity index (χ1n) is 6.25. The van der Waals surface area contributed by atoms with Crippen LogP contribution in [0.5, 0.6) is 5.75 Å². The van der Waals surface area contributed by atoms with Gasteiger partial charge in [0, 0.05) is 20.0 Å². The SMILES string of the molecule is C=Cc1cccc(OC2(OC)CCCCC2)c1. The second-order valence-corrected chi connectivity index (χ2v) is 4.55. The maximum atomic E-state index is 6.06. The Balaban J connectivity index is 2.14. The summed E-state index contributed by atoms with van der Waals surface area (Å²) in [5, 5.41) is 0. The molecule has 0 unspecified atom stereocenters. The van der Waals surface area contributed by atoms with E-state index >= 15 is 0 Å². The molecule has 0 atom stereocenters. The molecule has 0 aromatic heterocycles. The molecule has 1 aliphatic carbocycles. The van der Waals surface area contributed by atoms with Crippen molar-refractivity contribution >= 4 is 6.08 Å². The van der Waals surface area contributed by atoms with Crippen LogP contribution in [-0.2, 0) is 4.74 Å². The summed E-state index contributed by atoms with van der Waals surface area (Å²) in [5.41, 5.74) is 1.07. The monoisotopic (exact) mass is 232 g/mol. The van der Waals surface area contributed by atoms with Crippen molar-refractivity contribution in [2.24, 2.45) is 0 Å². The summed E-state index contributed by atoms with van der Waals surface area (Å²) in [6.07, 6.45) is 7.40. The van der Waals surface area contributed by atoms with Gasteiger partial charge in [-0.1, -0.05) is 31.2 Å². The van der Waals surface area contributed by atoms with Crippen LogP contribution < -0.4 is 4.74 Å². The fourth-order valence-corrected chi connectivity index (χ4v) is 2.36. The Morgan fingerprint density at radius 3 is 2.65 bits per heavy atom. The van der Waals surface area contributed by atoms with Gasteiger partial charge in [-0.25, -0.2) is 0 Å². The number of hydrogen-bond donors (Lipinski definition) is 0. The number of hydrogen-bond acceptors (Lipinski definition) is 2. The standard InChI is InChI=1S/C15H20O2/c1-3-13-8-7-9-14(12-13)17-15(16-2)10-5-4-6-11-15/h3,7-9,12H,1,4-6,10-11H2,2H3. The molecule has 2 rings (SSSR count). The van der Waals surface area contributed by atoms with Crippen LogP contribution in [-0.4, -0.2) is 12.9 Å². The molecule has 2 nitrogen and oxygen atoms in total. The predicted molar refractivity (Wildman–Crippen MR) is 70.0 cm³/mol. The van der Waals surface area contributed by atoms with E-state index in [-0.39, 0.29) is 0 Å². The van der Waals surface area contributed by atoms with Crippen molar-refractivity contribution in [2.45, 2.75) is 37.9 Å². The van der Waals surface area contributed by atoms with Crippen LogP contribution >= 0.6 is 0 Å². The van der Waals surface area contributed by atoms with Gasteiger partial charge in [-0.3, -0.25) is 0 Å². The van der Waals surface area contributed by atoms with E-state index in [0.717, 1.165) is 24.2 Å². The Morgan fingerprint density at radius 2 is 2.00 bits per heavy atom. The third kappa shape index (κ3) is 2.89. The highest BCUT2D eigenvalue weighted by Crippen LogP contribution is 2.33. The maximum absolute atomic E-state index is 6.06. The molecule has 1 fully saturated rings. The van der Waals surface area contributed by atoms with Gasteiger partial charge in [0.1, 0.15) is 5.75 Å². The van der Waals surface area contributed by atoms with Crippen molar-refractivity contribution in [3.8, 4) is 5.75 Å².